The van der Waals surface area contributed by atoms with E-state index in [2.05, 4.69) is 5.32 Å². The first-order valence-electron chi connectivity index (χ1n) is 8.35. The van der Waals surface area contributed by atoms with Crippen molar-refractivity contribution < 1.29 is 19.3 Å². The molecule has 2 bridgehead atoms. The van der Waals surface area contributed by atoms with Crippen molar-refractivity contribution in [3.05, 3.63) is 34.4 Å². The lowest BCUT2D eigenvalue weighted by atomic mass is 9.81. The first-order valence-corrected chi connectivity index (χ1v) is 8.35. The number of amides is 3. The van der Waals surface area contributed by atoms with Gasteiger partial charge in [-0.2, -0.15) is 0 Å². The molecule has 4 rings (SSSR count). The van der Waals surface area contributed by atoms with Gasteiger partial charge in [0.2, 0.25) is 17.7 Å². The topological polar surface area (TPSA) is 110 Å². The van der Waals surface area contributed by atoms with Gasteiger partial charge in [-0.05, 0) is 37.2 Å². The molecule has 3 aliphatic rings. The summed E-state index contributed by atoms with van der Waals surface area (Å²) in [6.45, 7) is -0.340. The van der Waals surface area contributed by atoms with E-state index in [1.165, 1.54) is 24.3 Å². The first kappa shape index (κ1) is 15.7. The second-order valence-corrected chi connectivity index (χ2v) is 7.00. The van der Waals surface area contributed by atoms with E-state index in [9.17, 15) is 24.5 Å². The number of non-ortho nitro benzene ring substituents is 1. The minimum absolute atomic E-state index is 0.141. The van der Waals surface area contributed by atoms with Crippen LogP contribution in [0.1, 0.15) is 19.3 Å². The molecule has 130 valence electrons. The Labute approximate surface area is 143 Å². The Balaban J connectivity index is 1.45. The molecule has 0 radical (unpaired) electrons. The summed E-state index contributed by atoms with van der Waals surface area (Å²) in [5, 5.41) is 13.3. The highest BCUT2D eigenvalue weighted by Gasteiger charge is 2.60. The van der Waals surface area contributed by atoms with Crippen LogP contribution in [0.4, 0.5) is 11.4 Å². The first-order chi connectivity index (χ1) is 12.0. The molecular formula is C17H17N3O5. The third kappa shape index (κ3) is 2.48. The van der Waals surface area contributed by atoms with Crippen LogP contribution < -0.4 is 5.32 Å². The van der Waals surface area contributed by atoms with Gasteiger partial charge in [0.1, 0.15) is 6.54 Å². The normalized spacial score (nSPS) is 29.8. The van der Waals surface area contributed by atoms with Gasteiger partial charge in [0.15, 0.2) is 0 Å². The minimum atomic E-state index is -0.555. The average molecular weight is 343 g/mol. The summed E-state index contributed by atoms with van der Waals surface area (Å²) in [6, 6.07) is 5.54. The molecule has 0 unspecified atom stereocenters. The van der Waals surface area contributed by atoms with Gasteiger partial charge < -0.3 is 5.32 Å². The van der Waals surface area contributed by atoms with E-state index >= 15 is 0 Å². The van der Waals surface area contributed by atoms with Crippen LogP contribution in [0.2, 0.25) is 0 Å². The number of likely N-dealkylation sites (tertiary alicyclic amines) is 1. The summed E-state index contributed by atoms with van der Waals surface area (Å²) < 4.78 is 0. The van der Waals surface area contributed by atoms with Crippen molar-refractivity contribution in [3.63, 3.8) is 0 Å². The number of benzene rings is 1. The number of carbonyl (C=O) groups is 3. The van der Waals surface area contributed by atoms with Gasteiger partial charge in [-0.25, -0.2) is 0 Å². The molecule has 25 heavy (non-hydrogen) atoms. The molecule has 3 amide bonds. The van der Waals surface area contributed by atoms with Gasteiger partial charge in [0, 0.05) is 17.8 Å². The zero-order chi connectivity index (χ0) is 17.7. The molecule has 1 heterocycles. The quantitative estimate of drug-likeness (QED) is 0.507. The fourth-order valence-corrected chi connectivity index (χ4v) is 4.67. The Morgan fingerprint density at radius 1 is 1.20 bits per heavy atom. The zero-order valence-electron chi connectivity index (χ0n) is 13.4. The van der Waals surface area contributed by atoms with E-state index in [-0.39, 0.29) is 53.4 Å². The highest BCUT2D eigenvalue weighted by molar-refractivity contribution is 6.09. The molecule has 1 saturated heterocycles. The second kappa shape index (κ2) is 5.65. The largest absolute Gasteiger partial charge is 0.324 e. The van der Waals surface area contributed by atoms with Gasteiger partial charge >= 0.3 is 0 Å². The number of nitro groups is 1. The van der Waals surface area contributed by atoms with E-state index < -0.39 is 10.8 Å². The average Bonchev–Trinajstić information content (AvgIpc) is 3.25. The molecule has 8 heteroatoms. The Morgan fingerprint density at radius 3 is 2.44 bits per heavy atom. The number of fused-ring (bicyclic) bond motifs is 5. The van der Waals surface area contributed by atoms with Gasteiger partial charge in [-0.3, -0.25) is 29.4 Å². The monoisotopic (exact) mass is 343 g/mol. The van der Waals surface area contributed by atoms with Gasteiger partial charge in [0.05, 0.1) is 16.8 Å². The number of anilines is 1. The second-order valence-electron chi connectivity index (χ2n) is 7.00. The third-order valence-corrected chi connectivity index (χ3v) is 5.66. The van der Waals surface area contributed by atoms with Crippen LogP contribution in [-0.4, -0.2) is 34.1 Å². The highest BCUT2D eigenvalue weighted by atomic mass is 16.6. The number of imide groups is 1. The maximum atomic E-state index is 12.6. The zero-order valence-corrected chi connectivity index (χ0v) is 13.4. The Bertz CT molecular complexity index is 764. The minimum Gasteiger partial charge on any atom is -0.324 e. The lowest BCUT2D eigenvalue weighted by Crippen LogP contribution is -2.39. The number of nitro benzene ring substituents is 1. The molecular weight excluding hydrogens is 326 g/mol. The number of hydrogen-bond donors (Lipinski definition) is 1. The van der Waals surface area contributed by atoms with Crippen molar-refractivity contribution in [2.24, 2.45) is 23.7 Å². The van der Waals surface area contributed by atoms with E-state index in [1.54, 1.807) is 0 Å². The van der Waals surface area contributed by atoms with E-state index in [1.807, 2.05) is 0 Å². The van der Waals surface area contributed by atoms with Crippen molar-refractivity contribution in [2.45, 2.75) is 19.3 Å². The van der Waals surface area contributed by atoms with Gasteiger partial charge in [0.25, 0.3) is 5.69 Å². The molecule has 1 aliphatic heterocycles. The van der Waals surface area contributed by atoms with Crippen LogP contribution in [0.15, 0.2) is 24.3 Å². The van der Waals surface area contributed by atoms with Crippen LogP contribution >= 0.6 is 0 Å². The number of nitrogens with zero attached hydrogens (tertiary/aromatic N) is 2. The Morgan fingerprint density at radius 2 is 1.84 bits per heavy atom. The predicted octanol–water partition coefficient (Wildman–Crippen LogP) is 1.56. The van der Waals surface area contributed by atoms with Gasteiger partial charge in [-0.15, -0.1) is 0 Å². The fraction of sp³-hybridized carbons (Fsp3) is 0.471. The number of nitrogens with one attached hydrogen (secondary N) is 1. The van der Waals surface area contributed by atoms with Crippen molar-refractivity contribution in [1.29, 1.82) is 0 Å². The molecule has 3 fully saturated rings. The molecule has 1 aromatic carbocycles. The van der Waals surface area contributed by atoms with Crippen LogP contribution in [0.5, 0.6) is 0 Å². The molecule has 4 atom stereocenters. The summed E-state index contributed by atoms with van der Waals surface area (Å²) in [5.74, 6) is -0.969. The standard InChI is InChI=1S/C17H17N3O5/c21-13(18-11-2-1-3-12(7-11)20(24)25)8-19-16(22)14-9-4-5-10(6-9)15(14)17(19)23/h1-3,7,9-10,14-15H,4-6,8H2,(H,18,21)/t9-,10-,14+,15+/m0/s1. The van der Waals surface area contributed by atoms with Gasteiger partial charge in [-0.1, -0.05) is 6.07 Å². The molecule has 1 aromatic rings. The van der Waals surface area contributed by atoms with Crippen molar-refractivity contribution in [1.82, 2.24) is 4.90 Å². The van der Waals surface area contributed by atoms with Crippen LogP contribution in [0.25, 0.3) is 0 Å². The predicted molar refractivity (Wildman–Crippen MR) is 86.3 cm³/mol. The van der Waals surface area contributed by atoms with Crippen molar-refractivity contribution >= 4 is 29.1 Å². The number of hydrogen-bond acceptors (Lipinski definition) is 5. The van der Waals surface area contributed by atoms with Crippen LogP contribution in [-0.2, 0) is 14.4 Å². The summed E-state index contributed by atoms with van der Waals surface area (Å²) in [7, 11) is 0. The maximum Gasteiger partial charge on any atom is 0.271 e. The summed E-state index contributed by atoms with van der Waals surface area (Å²) in [5.41, 5.74) is 0.121. The van der Waals surface area contributed by atoms with Crippen molar-refractivity contribution in [3.8, 4) is 0 Å². The lowest BCUT2D eigenvalue weighted by Gasteiger charge is -2.19. The number of rotatable bonds is 4. The Hall–Kier alpha value is -2.77. The molecule has 0 aromatic heterocycles. The summed E-state index contributed by atoms with van der Waals surface area (Å²) in [4.78, 5) is 48.6. The lowest BCUT2D eigenvalue weighted by molar-refractivity contribution is -0.384. The van der Waals surface area contributed by atoms with Crippen LogP contribution in [0, 0.1) is 33.8 Å². The maximum absolute atomic E-state index is 12.6. The molecule has 2 saturated carbocycles. The van der Waals surface area contributed by atoms with Crippen molar-refractivity contribution in [2.75, 3.05) is 11.9 Å². The molecule has 8 nitrogen and oxygen atoms in total. The fourth-order valence-electron chi connectivity index (χ4n) is 4.67. The SMILES string of the molecule is O=C(CN1C(=O)[C@@H]2[C@H]3CC[C@@H](C3)[C@H]2C1=O)Nc1cccc([N+](=O)[O-])c1. The Kier molecular flexibility index (Phi) is 3.55. The van der Waals surface area contributed by atoms with E-state index in [4.69, 9.17) is 0 Å². The molecule has 1 N–H and O–H groups in total. The number of carbonyl (C=O) groups excluding carboxylic acids is 3. The van der Waals surface area contributed by atoms with E-state index in [0.29, 0.717) is 0 Å². The molecule has 2 aliphatic carbocycles. The van der Waals surface area contributed by atoms with E-state index in [0.717, 1.165) is 24.2 Å². The van der Waals surface area contributed by atoms with Crippen LogP contribution in [0.3, 0.4) is 0 Å². The molecule has 0 spiro atoms. The highest BCUT2D eigenvalue weighted by Crippen LogP contribution is 2.56. The summed E-state index contributed by atoms with van der Waals surface area (Å²) in [6.07, 6.45) is 2.91. The smallest absolute Gasteiger partial charge is 0.271 e. The summed E-state index contributed by atoms with van der Waals surface area (Å²) >= 11 is 0. The third-order valence-electron chi connectivity index (χ3n) is 5.66.